The van der Waals surface area contributed by atoms with Crippen molar-refractivity contribution in [2.24, 2.45) is 0 Å². The molecule has 0 atom stereocenters. The molecule has 4 aromatic rings. The highest BCUT2D eigenvalue weighted by Gasteiger charge is 2.20. The predicted octanol–water partition coefficient (Wildman–Crippen LogP) is 4.68. The van der Waals surface area contributed by atoms with Gasteiger partial charge in [0.15, 0.2) is 17.3 Å². The zero-order chi connectivity index (χ0) is 25.1. The van der Waals surface area contributed by atoms with Crippen molar-refractivity contribution >= 4 is 39.9 Å². The van der Waals surface area contributed by atoms with Gasteiger partial charge in [-0.1, -0.05) is 11.6 Å². The fourth-order valence-corrected chi connectivity index (χ4v) is 3.78. The lowest BCUT2D eigenvalue weighted by Crippen LogP contribution is -2.24. The van der Waals surface area contributed by atoms with E-state index in [1.807, 2.05) is 0 Å². The lowest BCUT2D eigenvalue weighted by atomic mass is 10.0. The average molecular weight is 495 g/mol. The second kappa shape index (κ2) is 9.99. The molecule has 0 aliphatic rings. The van der Waals surface area contributed by atoms with E-state index in [4.69, 9.17) is 21.1 Å². The van der Waals surface area contributed by atoms with Crippen LogP contribution in [0.4, 0.5) is 10.1 Å². The smallest absolute Gasteiger partial charge is 0.244 e. The van der Waals surface area contributed by atoms with Gasteiger partial charge in [0.1, 0.15) is 12.4 Å². The number of ether oxygens (including phenoxy) is 2. The van der Waals surface area contributed by atoms with Crippen LogP contribution in [0.5, 0.6) is 11.5 Å². The van der Waals surface area contributed by atoms with Crippen LogP contribution in [0.15, 0.2) is 71.7 Å². The number of halogens is 2. The zero-order valence-electron chi connectivity index (χ0n) is 18.8. The topological polar surface area (TPSA) is 86.6 Å². The Balaban J connectivity index is 1.83. The Kier molecular flexibility index (Phi) is 6.84. The molecule has 0 spiro atoms. The summed E-state index contributed by atoms with van der Waals surface area (Å²) in [5.41, 5.74) is 0.321. The van der Waals surface area contributed by atoms with Crippen LogP contribution in [-0.4, -0.2) is 30.5 Å². The van der Waals surface area contributed by atoms with E-state index < -0.39 is 22.9 Å². The summed E-state index contributed by atoms with van der Waals surface area (Å²) < 4.78 is 25.5. The van der Waals surface area contributed by atoms with Crippen molar-refractivity contribution in [3.8, 4) is 11.5 Å². The highest BCUT2D eigenvalue weighted by atomic mass is 35.5. The van der Waals surface area contributed by atoms with Gasteiger partial charge < -0.3 is 19.4 Å². The molecule has 1 amide bonds. The van der Waals surface area contributed by atoms with Crippen LogP contribution in [0, 0.1) is 5.82 Å². The number of fused-ring (bicyclic) bond motifs is 1. The molecular weight excluding hydrogens is 475 g/mol. The van der Waals surface area contributed by atoms with Crippen LogP contribution >= 0.6 is 11.6 Å². The first-order valence-electron chi connectivity index (χ1n) is 10.5. The SMILES string of the molecule is COc1cc2c(=O)c(C(=O)c3ccc(F)cc3)cn(CC(=O)Nc3ccc(Cl)cc3)c2cc1OC. The lowest BCUT2D eigenvalue weighted by molar-refractivity contribution is -0.116. The Morgan fingerprint density at radius 1 is 0.971 bits per heavy atom. The molecule has 178 valence electrons. The molecule has 0 aliphatic carbocycles. The summed E-state index contributed by atoms with van der Waals surface area (Å²) in [5.74, 6) is -0.858. The number of aromatic nitrogens is 1. The van der Waals surface area contributed by atoms with Crippen LogP contribution in [0.3, 0.4) is 0 Å². The first kappa shape index (κ1) is 24.0. The van der Waals surface area contributed by atoms with E-state index in [1.54, 1.807) is 30.3 Å². The van der Waals surface area contributed by atoms with Gasteiger partial charge in [-0.2, -0.15) is 0 Å². The van der Waals surface area contributed by atoms with Gasteiger partial charge in [0.25, 0.3) is 0 Å². The van der Waals surface area contributed by atoms with Gasteiger partial charge in [-0.05, 0) is 54.6 Å². The summed E-state index contributed by atoms with van der Waals surface area (Å²) in [6, 6.07) is 14.5. The van der Waals surface area contributed by atoms with Gasteiger partial charge in [-0.25, -0.2) is 4.39 Å². The molecule has 1 aromatic heterocycles. The number of nitrogens with zero attached hydrogens (tertiary/aromatic N) is 1. The number of methoxy groups -OCH3 is 2. The van der Waals surface area contributed by atoms with Gasteiger partial charge in [-0.3, -0.25) is 14.4 Å². The molecule has 0 aliphatic heterocycles. The summed E-state index contributed by atoms with van der Waals surface area (Å²) in [5, 5.41) is 3.44. The molecule has 4 rings (SSSR count). The Labute approximate surface area is 204 Å². The van der Waals surface area contributed by atoms with E-state index in [0.717, 1.165) is 12.1 Å². The van der Waals surface area contributed by atoms with Gasteiger partial charge in [0.2, 0.25) is 11.3 Å². The Hall–Kier alpha value is -4.17. The summed E-state index contributed by atoms with van der Waals surface area (Å²) in [7, 11) is 2.88. The maximum Gasteiger partial charge on any atom is 0.244 e. The number of carbonyl (C=O) groups is 2. The molecule has 0 saturated heterocycles. The third-order valence-electron chi connectivity index (χ3n) is 5.38. The molecule has 1 heterocycles. The number of ketones is 1. The third kappa shape index (κ3) is 5.02. The van der Waals surface area contributed by atoms with Crippen molar-refractivity contribution in [2.75, 3.05) is 19.5 Å². The van der Waals surface area contributed by atoms with Crippen molar-refractivity contribution in [3.63, 3.8) is 0 Å². The van der Waals surface area contributed by atoms with E-state index in [0.29, 0.717) is 27.7 Å². The number of nitrogens with one attached hydrogen (secondary N) is 1. The quantitative estimate of drug-likeness (QED) is 0.377. The minimum absolute atomic E-state index is 0.139. The van der Waals surface area contributed by atoms with Gasteiger partial charge in [-0.15, -0.1) is 0 Å². The second-order valence-corrected chi connectivity index (χ2v) is 8.05. The molecule has 0 radical (unpaired) electrons. The van der Waals surface area contributed by atoms with E-state index in [1.165, 1.54) is 43.2 Å². The summed E-state index contributed by atoms with van der Waals surface area (Å²) in [6.07, 6.45) is 1.32. The van der Waals surface area contributed by atoms with E-state index in [2.05, 4.69) is 5.32 Å². The Morgan fingerprint density at radius 2 is 1.60 bits per heavy atom. The number of benzene rings is 3. The molecular formula is C26H20ClFN2O5. The van der Waals surface area contributed by atoms with E-state index in [-0.39, 0.29) is 23.1 Å². The maximum atomic E-state index is 13.3. The molecule has 0 bridgehead atoms. The number of rotatable bonds is 7. The molecule has 0 fully saturated rings. The van der Waals surface area contributed by atoms with Crippen molar-refractivity contribution in [1.82, 2.24) is 4.57 Å². The third-order valence-corrected chi connectivity index (χ3v) is 5.63. The van der Waals surface area contributed by atoms with Crippen molar-refractivity contribution < 1.29 is 23.5 Å². The average Bonchev–Trinajstić information content (AvgIpc) is 2.86. The maximum absolute atomic E-state index is 13.3. The van der Waals surface area contributed by atoms with Crippen LogP contribution in [0.1, 0.15) is 15.9 Å². The number of amides is 1. The van der Waals surface area contributed by atoms with Crippen LogP contribution in [0.25, 0.3) is 10.9 Å². The Bertz CT molecular complexity index is 1480. The zero-order valence-corrected chi connectivity index (χ0v) is 19.6. The minimum atomic E-state index is -0.599. The van der Waals surface area contributed by atoms with Crippen LogP contribution in [0.2, 0.25) is 5.02 Å². The molecule has 9 heteroatoms. The van der Waals surface area contributed by atoms with E-state index >= 15 is 0 Å². The highest BCUT2D eigenvalue weighted by molar-refractivity contribution is 6.30. The van der Waals surface area contributed by atoms with Gasteiger partial charge >= 0.3 is 0 Å². The molecule has 0 unspecified atom stereocenters. The number of carbonyl (C=O) groups excluding carboxylic acids is 2. The number of anilines is 1. The summed E-state index contributed by atoms with van der Waals surface area (Å²) >= 11 is 5.90. The Morgan fingerprint density at radius 3 is 2.23 bits per heavy atom. The number of pyridine rings is 1. The monoisotopic (exact) mass is 494 g/mol. The normalized spacial score (nSPS) is 10.7. The summed E-state index contributed by atoms with van der Waals surface area (Å²) in [4.78, 5) is 39.3. The second-order valence-electron chi connectivity index (χ2n) is 7.62. The first-order chi connectivity index (χ1) is 16.8. The molecule has 0 saturated carbocycles. The van der Waals surface area contributed by atoms with Crippen LogP contribution < -0.4 is 20.2 Å². The van der Waals surface area contributed by atoms with Gasteiger partial charge in [0, 0.05) is 28.5 Å². The van der Waals surface area contributed by atoms with Crippen molar-refractivity contribution in [3.05, 3.63) is 99.1 Å². The molecule has 35 heavy (non-hydrogen) atoms. The van der Waals surface area contributed by atoms with Crippen molar-refractivity contribution in [2.45, 2.75) is 6.54 Å². The fourth-order valence-electron chi connectivity index (χ4n) is 3.65. The largest absolute Gasteiger partial charge is 0.493 e. The molecule has 1 N–H and O–H groups in total. The number of hydrogen-bond acceptors (Lipinski definition) is 5. The summed E-state index contributed by atoms with van der Waals surface area (Å²) in [6.45, 7) is -0.210. The minimum Gasteiger partial charge on any atom is -0.493 e. The molecule has 7 nitrogen and oxygen atoms in total. The standard InChI is InChI=1S/C26H20ClFN2O5/c1-34-22-11-19-21(12-23(22)35-2)30(14-24(31)29-18-9-5-16(27)6-10-18)13-20(26(19)33)25(32)15-3-7-17(28)8-4-15/h3-13H,14H2,1-2H3,(H,29,31). The predicted molar refractivity (Wildman–Crippen MR) is 131 cm³/mol. The van der Waals surface area contributed by atoms with E-state index in [9.17, 15) is 18.8 Å². The highest BCUT2D eigenvalue weighted by Crippen LogP contribution is 2.31. The fraction of sp³-hybridized carbons (Fsp3) is 0.115. The van der Waals surface area contributed by atoms with Crippen LogP contribution in [-0.2, 0) is 11.3 Å². The van der Waals surface area contributed by atoms with Crippen molar-refractivity contribution in [1.29, 1.82) is 0 Å². The first-order valence-corrected chi connectivity index (χ1v) is 10.8. The molecule has 3 aromatic carbocycles. The number of hydrogen-bond donors (Lipinski definition) is 1. The van der Waals surface area contributed by atoms with Gasteiger partial charge in [0.05, 0.1) is 30.7 Å². The lowest BCUT2D eigenvalue weighted by Gasteiger charge is -2.16.